The number of rotatable bonds is 4. The molecular formula is C18H18N2O. The standard InChI is InChI=1S/C18H18N2O/c1-13-11-16-15(9-6-10-17(16)19-2)18(20-13)21-12-14-7-4-3-5-8-14/h3-11,19H,12H2,1-2H3. The molecule has 1 N–H and O–H groups in total. The minimum absolute atomic E-state index is 0.524. The Balaban J connectivity index is 1.98. The molecule has 3 rings (SSSR count). The summed E-state index contributed by atoms with van der Waals surface area (Å²) in [5.41, 5.74) is 3.18. The number of benzene rings is 2. The summed E-state index contributed by atoms with van der Waals surface area (Å²) in [7, 11) is 1.93. The van der Waals surface area contributed by atoms with E-state index in [1.165, 1.54) is 0 Å². The van der Waals surface area contributed by atoms with Crippen LogP contribution < -0.4 is 10.1 Å². The Morgan fingerprint density at radius 3 is 2.57 bits per heavy atom. The number of anilines is 1. The van der Waals surface area contributed by atoms with E-state index in [4.69, 9.17) is 4.74 Å². The van der Waals surface area contributed by atoms with Gasteiger partial charge in [-0.2, -0.15) is 0 Å². The van der Waals surface area contributed by atoms with Crippen molar-refractivity contribution in [2.24, 2.45) is 0 Å². The molecule has 0 aliphatic carbocycles. The van der Waals surface area contributed by atoms with Gasteiger partial charge in [0.1, 0.15) is 6.61 Å². The number of pyridine rings is 1. The molecular weight excluding hydrogens is 260 g/mol. The SMILES string of the molecule is CNc1cccc2c(OCc3ccccc3)nc(C)cc12. The van der Waals surface area contributed by atoms with Gasteiger partial charge in [-0.3, -0.25) is 0 Å². The number of aryl methyl sites for hydroxylation is 1. The van der Waals surface area contributed by atoms with Crippen LogP contribution in [0.5, 0.6) is 5.88 Å². The molecule has 0 saturated heterocycles. The molecule has 0 atom stereocenters. The van der Waals surface area contributed by atoms with Gasteiger partial charge in [0.15, 0.2) is 0 Å². The van der Waals surface area contributed by atoms with Gasteiger partial charge in [-0.25, -0.2) is 4.98 Å². The molecule has 0 aliphatic rings. The average Bonchev–Trinajstić information content (AvgIpc) is 2.53. The number of nitrogens with zero attached hydrogens (tertiary/aromatic N) is 1. The molecule has 1 aromatic heterocycles. The van der Waals surface area contributed by atoms with E-state index in [2.05, 4.69) is 34.6 Å². The van der Waals surface area contributed by atoms with Crippen LogP contribution in [0.25, 0.3) is 10.8 Å². The van der Waals surface area contributed by atoms with Crippen molar-refractivity contribution in [3.63, 3.8) is 0 Å². The monoisotopic (exact) mass is 278 g/mol. The number of ether oxygens (including phenoxy) is 1. The highest BCUT2D eigenvalue weighted by atomic mass is 16.5. The van der Waals surface area contributed by atoms with Gasteiger partial charge in [-0.1, -0.05) is 36.4 Å². The van der Waals surface area contributed by atoms with E-state index < -0.39 is 0 Å². The zero-order valence-corrected chi connectivity index (χ0v) is 12.3. The maximum atomic E-state index is 5.95. The lowest BCUT2D eigenvalue weighted by atomic mass is 10.1. The molecule has 0 bridgehead atoms. The fourth-order valence-electron chi connectivity index (χ4n) is 2.42. The van der Waals surface area contributed by atoms with Crippen molar-refractivity contribution in [3.05, 3.63) is 65.9 Å². The first-order valence-corrected chi connectivity index (χ1v) is 7.03. The number of fused-ring (bicyclic) bond motifs is 1. The Bertz CT molecular complexity index is 754. The second kappa shape index (κ2) is 5.83. The fraction of sp³-hybridized carbons (Fsp3) is 0.167. The molecule has 0 amide bonds. The number of hydrogen-bond acceptors (Lipinski definition) is 3. The first-order valence-electron chi connectivity index (χ1n) is 7.03. The first kappa shape index (κ1) is 13.4. The first-order chi connectivity index (χ1) is 10.3. The molecule has 3 aromatic rings. The summed E-state index contributed by atoms with van der Waals surface area (Å²) >= 11 is 0. The summed E-state index contributed by atoms with van der Waals surface area (Å²) in [6.45, 7) is 2.51. The number of hydrogen-bond donors (Lipinski definition) is 1. The molecule has 3 nitrogen and oxygen atoms in total. The predicted octanol–water partition coefficient (Wildman–Crippen LogP) is 4.16. The third-order valence-corrected chi connectivity index (χ3v) is 3.46. The quantitative estimate of drug-likeness (QED) is 0.778. The molecule has 0 aliphatic heterocycles. The van der Waals surface area contributed by atoms with Crippen LogP contribution in [0.4, 0.5) is 5.69 Å². The van der Waals surface area contributed by atoms with Crippen LogP contribution in [0.2, 0.25) is 0 Å². The maximum Gasteiger partial charge on any atom is 0.221 e. The summed E-state index contributed by atoms with van der Waals surface area (Å²) in [5.74, 6) is 0.686. The van der Waals surface area contributed by atoms with E-state index in [9.17, 15) is 0 Å². The molecule has 106 valence electrons. The zero-order valence-electron chi connectivity index (χ0n) is 12.3. The van der Waals surface area contributed by atoms with Crippen molar-refractivity contribution in [1.82, 2.24) is 4.98 Å². The molecule has 0 radical (unpaired) electrons. The summed E-state index contributed by atoms with van der Waals surface area (Å²) in [6.07, 6.45) is 0. The largest absolute Gasteiger partial charge is 0.472 e. The molecule has 0 unspecified atom stereocenters. The van der Waals surface area contributed by atoms with E-state index in [1.54, 1.807) is 0 Å². The highest BCUT2D eigenvalue weighted by Crippen LogP contribution is 2.30. The third kappa shape index (κ3) is 2.82. The van der Waals surface area contributed by atoms with Crippen molar-refractivity contribution in [2.75, 3.05) is 12.4 Å². The van der Waals surface area contributed by atoms with E-state index in [-0.39, 0.29) is 0 Å². The maximum absolute atomic E-state index is 5.95. The summed E-state index contributed by atoms with van der Waals surface area (Å²) in [5, 5.41) is 5.38. The second-order valence-corrected chi connectivity index (χ2v) is 4.99. The molecule has 21 heavy (non-hydrogen) atoms. The second-order valence-electron chi connectivity index (χ2n) is 4.99. The Morgan fingerprint density at radius 2 is 1.81 bits per heavy atom. The highest BCUT2D eigenvalue weighted by molar-refractivity contribution is 5.96. The average molecular weight is 278 g/mol. The molecule has 1 heterocycles. The van der Waals surface area contributed by atoms with E-state index in [0.29, 0.717) is 12.5 Å². The van der Waals surface area contributed by atoms with Crippen LogP contribution >= 0.6 is 0 Å². The van der Waals surface area contributed by atoms with Crippen molar-refractivity contribution in [1.29, 1.82) is 0 Å². The topological polar surface area (TPSA) is 34.1 Å². The smallest absolute Gasteiger partial charge is 0.221 e. The molecule has 0 spiro atoms. The Kier molecular flexibility index (Phi) is 3.73. The third-order valence-electron chi connectivity index (χ3n) is 3.46. The van der Waals surface area contributed by atoms with Crippen molar-refractivity contribution >= 4 is 16.5 Å². The minimum atomic E-state index is 0.524. The summed E-state index contributed by atoms with van der Waals surface area (Å²) in [4.78, 5) is 4.54. The molecule has 2 aromatic carbocycles. The summed E-state index contributed by atoms with van der Waals surface area (Å²) < 4.78 is 5.95. The number of nitrogens with one attached hydrogen (secondary N) is 1. The van der Waals surface area contributed by atoms with Gasteiger partial charge in [0.05, 0.1) is 0 Å². The van der Waals surface area contributed by atoms with Gasteiger partial charge >= 0.3 is 0 Å². The van der Waals surface area contributed by atoms with E-state index >= 15 is 0 Å². The lowest BCUT2D eigenvalue weighted by molar-refractivity contribution is 0.297. The van der Waals surface area contributed by atoms with Crippen LogP contribution in [0, 0.1) is 6.92 Å². The van der Waals surface area contributed by atoms with Gasteiger partial charge in [0.2, 0.25) is 5.88 Å². The number of aromatic nitrogens is 1. The van der Waals surface area contributed by atoms with E-state index in [0.717, 1.165) is 27.7 Å². The molecule has 0 saturated carbocycles. The summed E-state index contributed by atoms with van der Waals surface area (Å²) in [6, 6.07) is 18.3. The normalized spacial score (nSPS) is 10.6. The highest BCUT2D eigenvalue weighted by Gasteiger charge is 2.08. The fourth-order valence-corrected chi connectivity index (χ4v) is 2.42. The van der Waals surface area contributed by atoms with Gasteiger partial charge in [-0.15, -0.1) is 0 Å². The van der Waals surface area contributed by atoms with Gasteiger partial charge in [0, 0.05) is 29.2 Å². The predicted molar refractivity (Wildman–Crippen MR) is 86.8 cm³/mol. The van der Waals surface area contributed by atoms with Gasteiger partial charge in [0.25, 0.3) is 0 Å². The van der Waals surface area contributed by atoms with Crippen molar-refractivity contribution < 1.29 is 4.74 Å². The van der Waals surface area contributed by atoms with Crippen LogP contribution in [0.1, 0.15) is 11.3 Å². The Hall–Kier alpha value is -2.55. The van der Waals surface area contributed by atoms with Gasteiger partial charge < -0.3 is 10.1 Å². The van der Waals surface area contributed by atoms with Crippen LogP contribution in [-0.2, 0) is 6.61 Å². The Morgan fingerprint density at radius 1 is 1.00 bits per heavy atom. The van der Waals surface area contributed by atoms with E-state index in [1.807, 2.05) is 44.3 Å². The van der Waals surface area contributed by atoms with Crippen molar-refractivity contribution in [3.8, 4) is 5.88 Å². The molecule has 3 heteroatoms. The lowest BCUT2D eigenvalue weighted by Gasteiger charge is -2.12. The van der Waals surface area contributed by atoms with Crippen LogP contribution in [-0.4, -0.2) is 12.0 Å². The zero-order chi connectivity index (χ0) is 14.7. The van der Waals surface area contributed by atoms with Crippen LogP contribution in [0.15, 0.2) is 54.6 Å². The van der Waals surface area contributed by atoms with Crippen LogP contribution in [0.3, 0.4) is 0 Å². The minimum Gasteiger partial charge on any atom is -0.472 e. The van der Waals surface area contributed by atoms with Gasteiger partial charge in [-0.05, 0) is 30.7 Å². The Labute approximate surface area is 124 Å². The lowest BCUT2D eigenvalue weighted by Crippen LogP contribution is -2.00. The van der Waals surface area contributed by atoms with Crippen molar-refractivity contribution in [2.45, 2.75) is 13.5 Å². The molecule has 0 fully saturated rings.